The molecule has 3 nitrogen and oxygen atoms in total. The molecule has 0 saturated carbocycles. The van der Waals surface area contributed by atoms with Gasteiger partial charge in [-0.25, -0.2) is 0 Å². The van der Waals surface area contributed by atoms with Crippen molar-refractivity contribution in [2.45, 2.75) is 26.8 Å². The van der Waals surface area contributed by atoms with Gasteiger partial charge in [0.2, 0.25) is 5.91 Å². The second-order valence-corrected chi connectivity index (χ2v) is 6.22. The van der Waals surface area contributed by atoms with Gasteiger partial charge in [-0.05, 0) is 42.7 Å². The number of carbonyl (C=O) groups excluding carboxylic acids is 1. The van der Waals surface area contributed by atoms with E-state index in [-0.39, 0.29) is 5.91 Å². The number of hydrogen-bond acceptors (Lipinski definition) is 2. The lowest BCUT2D eigenvalue weighted by molar-refractivity contribution is -0.116. The van der Waals surface area contributed by atoms with Crippen LogP contribution in [0.15, 0.2) is 46.9 Å². The van der Waals surface area contributed by atoms with Crippen LogP contribution in [0.3, 0.4) is 0 Å². The van der Waals surface area contributed by atoms with Gasteiger partial charge < -0.3 is 10.6 Å². The SMILES string of the molecule is Cc1ccc(NC(=O)CCNCc2ccccc2C)cc1Br. The number of benzene rings is 2. The summed E-state index contributed by atoms with van der Waals surface area (Å²) >= 11 is 3.47. The van der Waals surface area contributed by atoms with Crippen LogP contribution in [0.1, 0.15) is 23.1 Å². The topological polar surface area (TPSA) is 41.1 Å². The van der Waals surface area contributed by atoms with Crippen LogP contribution in [-0.2, 0) is 11.3 Å². The van der Waals surface area contributed by atoms with Crippen molar-refractivity contribution in [1.82, 2.24) is 5.32 Å². The minimum absolute atomic E-state index is 0.0213. The third kappa shape index (κ3) is 4.97. The first-order valence-corrected chi connectivity index (χ1v) is 8.17. The molecule has 2 N–H and O–H groups in total. The minimum atomic E-state index is 0.0213. The summed E-state index contributed by atoms with van der Waals surface area (Å²) in [6, 6.07) is 14.1. The number of aryl methyl sites for hydroxylation is 2. The van der Waals surface area contributed by atoms with E-state index in [1.54, 1.807) is 0 Å². The maximum Gasteiger partial charge on any atom is 0.225 e. The van der Waals surface area contributed by atoms with Gasteiger partial charge >= 0.3 is 0 Å². The lowest BCUT2D eigenvalue weighted by atomic mass is 10.1. The lowest BCUT2D eigenvalue weighted by Crippen LogP contribution is -2.21. The molecular weight excluding hydrogens is 340 g/mol. The molecule has 0 aromatic heterocycles. The number of carbonyl (C=O) groups is 1. The van der Waals surface area contributed by atoms with E-state index in [9.17, 15) is 4.79 Å². The molecule has 0 aliphatic heterocycles. The zero-order chi connectivity index (χ0) is 15.9. The lowest BCUT2D eigenvalue weighted by Gasteiger charge is -2.09. The summed E-state index contributed by atoms with van der Waals surface area (Å²) in [6.07, 6.45) is 0.456. The van der Waals surface area contributed by atoms with Crippen molar-refractivity contribution in [2.75, 3.05) is 11.9 Å². The Balaban J connectivity index is 1.74. The molecule has 0 aliphatic carbocycles. The zero-order valence-corrected chi connectivity index (χ0v) is 14.5. The van der Waals surface area contributed by atoms with Gasteiger partial charge in [-0.1, -0.05) is 46.3 Å². The Morgan fingerprint density at radius 3 is 2.59 bits per heavy atom. The van der Waals surface area contributed by atoms with Crippen LogP contribution in [0.25, 0.3) is 0 Å². The summed E-state index contributed by atoms with van der Waals surface area (Å²) < 4.78 is 1.00. The Morgan fingerprint density at radius 2 is 1.86 bits per heavy atom. The number of halogens is 1. The van der Waals surface area contributed by atoms with Gasteiger partial charge in [-0.15, -0.1) is 0 Å². The molecular formula is C18H21BrN2O. The molecule has 2 aromatic rings. The molecule has 1 amide bonds. The molecule has 116 valence electrons. The van der Waals surface area contributed by atoms with Crippen molar-refractivity contribution in [1.29, 1.82) is 0 Å². The van der Waals surface area contributed by atoms with E-state index < -0.39 is 0 Å². The third-order valence-electron chi connectivity index (χ3n) is 3.56. The van der Waals surface area contributed by atoms with Crippen molar-refractivity contribution < 1.29 is 4.79 Å². The summed E-state index contributed by atoms with van der Waals surface area (Å²) in [4.78, 5) is 11.9. The van der Waals surface area contributed by atoms with E-state index in [0.29, 0.717) is 13.0 Å². The van der Waals surface area contributed by atoms with Crippen LogP contribution in [0.5, 0.6) is 0 Å². The maximum absolute atomic E-state index is 11.9. The maximum atomic E-state index is 11.9. The molecule has 0 spiro atoms. The van der Waals surface area contributed by atoms with Crippen molar-refractivity contribution in [2.24, 2.45) is 0 Å². The van der Waals surface area contributed by atoms with Gasteiger partial charge in [0.05, 0.1) is 0 Å². The Kier molecular flexibility index (Phi) is 6.16. The van der Waals surface area contributed by atoms with Gasteiger partial charge in [0, 0.05) is 29.7 Å². The Labute approximate surface area is 140 Å². The third-order valence-corrected chi connectivity index (χ3v) is 4.42. The summed E-state index contributed by atoms with van der Waals surface area (Å²) in [6.45, 7) is 5.56. The largest absolute Gasteiger partial charge is 0.326 e. The number of anilines is 1. The fourth-order valence-electron chi connectivity index (χ4n) is 2.13. The average molecular weight is 361 g/mol. The molecule has 0 atom stereocenters. The molecule has 0 unspecified atom stereocenters. The van der Waals surface area contributed by atoms with Gasteiger partial charge in [-0.2, -0.15) is 0 Å². The molecule has 2 rings (SSSR count). The molecule has 4 heteroatoms. The summed E-state index contributed by atoms with van der Waals surface area (Å²) in [7, 11) is 0. The highest BCUT2D eigenvalue weighted by Gasteiger charge is 2.04. The fraction of sp³-hybridized carbons (Fsp3) is 0.278. The number of amides is 1. The Bertz CT molecular complexity index is 655. The van der Waals surface area contributed by atoms with E-state index in [4.69, 9.17) is 0 Å². The molecule has 0 heterocycles. The van der Waals surface area contributed by atoms with E-state index in [1.165, 1.54) is 11.1 Å². The highest BCUT2D eigenvalue weighted by Crippen LogP contribution is 2.20. The monoisotopic (exact) mass is 360 g/mol. The predicted molar refractivity (Wildman–Crippen MR) is 95.0 cm³/mol. The van der Waals surface area contributed by atoms with E-state index in [2.05, 4.69) is 45.6 Å². The highest BCUT2D eigenvalue weighted by atomic mass is 79.9. The first kappa shape index (κ1) is 16.7. The van der Waals surface area contributed by atoms with Crippen molar-refractivity contribution in [3.8, 4) is 0 Å². The van der Waals surface area contributed by atoms with Crippen molar-refractivity contribution in [3.63, 3.8) is 0 Å². The first-order chi connectivity index (χ1) is 10.6. The number of hydrogen-bond donors (Lipinski definition) is 2. The summed E-state index contributed by atoms with van der Waals surface area (Å²) in [5.74, 6) is 0.0213. The molecule has 2 aromatic carbocycles. The number of rotatable bonds is 6. The van der Waals surface area contributed by atoms with Crippen LogP contribution in [0, 0.1) is 13.8 Å². The van der Waals surface area contributed by atoms with Crippen molar-refractivity contribution in [3.05, 3.63) is 63.6 Å². The fourth-order valence-corrected chi connectivity index (χ4v) is 2.51. The van der Waals surface area contributed by atoms with E-state index in [0.717, 1.165) is 22.3 Å². The Morgan fingerprint density at radius 1 is 1.09 bits per heavy atom. The predicted octanol–water partition coefficient (Wildman–Crippen LogP) is 4.18. The second kappa shape index (κ2) is 8.11. The van der Waals surface area contributed by atoms with Crippen LogP contribution in [0.2, 0.25) is 0 Å². The standard InChI is InChI=1S/C18H21BrN2O/c1-13-5-3-4-6-15(13)12-20-10-9-18(22)21-16-8-7-14(2)17(19)11-16/h3-8,11,20H,9-10,12H2,1-2H3,(H,21,22). The minimum Gasteiger partial charge on any atom is -0.326 e. The molecule has 0 saturated heterocycles. The van der Waals surface area contributed by atoms with Crippen molar-refractivity contribution >= 4 is 27.5 Å². The zero-order valence-electron chi connectivity index (χ0n) is 12.9. The average Bonchev–Trinajstić information content (AvgIpc) is 2.49. The smallest absolute Gasteiger partial charge is 0.225 e. The van der Waals surface area contributed by atoms with E-state index in [1.807, 2.05) is 37.3 Å². The Hall–Kier alpha value is -1.65. The molecule has 0 radical (unpaired) electrons. The number of nitrogens with one attached hydrogen (secondary N) is 2. The van der Waals surface area contributed by atoms with Crippen LogP contribution in [-0.4, -0.2) is 12.5 Å². The molecule has 0 fully saturated rings. The van der Waals surface area contributed by atoms with Gasteiger partial charge in [-0.3, -0.25) is 4.79 Å². The quantitative estimate of drug-likeness (QED) is 0.758. The molecule has 22 heavy (non-hydrogen) atoms. The van der Waals surface area contributed by atoms with Crippen LogP contribution < -0.4 is 10.6 Å². The van der Waals surface area contributed by atoms with E-state index >= 15 is 0 Å². The summed E-state index contributed by atoms with van der Waals surface area (Å²) in [5.41, 5.74) is 4.51. The molecule has 0 aliphatic rings. The molecule has 0 bridgehead atoms. The van der Waals surface area contributed by atoms with Crippen LogP contribution in [0.4, 0.5) is 5.69 Å². The highest BCUT2D eigenvalue weighted by molar-refractivity contribution is 9.10. The summed E-state index contributed by atoms with van der Waals surface area (Å²) in [5, 5.41) is 6.22. The van der Waals surface area contributed by atoms with Gasteiger partial charge in [0.15, 0.2) is 0 Å². The normalized spacial score (nSPS) is 10.5. The first-order valence-electron chi connectivity index (χ1n) is 7.37. The van der Waals surface area contributed by atoms with Gasteiger partial charge in [0.25, 0.3) is 0 Å². The second-order valence-electron chi connectivity index (χ2n) is 5.37. The van der Waals surface area contributed by atoms with Crippen LogP contribution >= 0.6 is 15.9 Å². The van der Waals surface area contributed by atoms with Gasteiger partial charge in [0.1, 0.15) is 0 Å².